The molecule has 5 rings (SSSR count). The number of morpholine rings is 1. The molecule has 8 nitrogen and oxygen atoms in total. The van der Waals surface area contributed by atoms with Gasteiger partial charge in [-0.15, -0.1) is 5.10 Å². The molecule has 3 heterocycles. The van der Waals surface area contributed by atoms with Gasteiger partial charge in [-0.3, -0.25) is 4.90 Å². The van der Waals surface area contributed by atoms with Crippen molar-refractivity contribution in [1.82, 2.24) is 24.6 Å². The Hall–Kier alpha value is -3.20. The van der Waals surface area contributed by atoms with Gasteiger partial charge in [-0.2, -0.15) is 4.98 Å². The second kappa shape index (κ2) is 9.35. The maximum atomic E-state index is 6.59. The number of nitrogens with two attached hydrogens (primary N) is 1. The molecule has 0 atom stereocenters. The molecule has 1 fully saturated rings. The lowest BCUT2D eigenvalue weighted by Crippen LogP contribution is -2.39. The highest BCUT2D eigenvalue weighted by Crippen LogP contribution is 2.33. The van der Waals surface area contributed by atoms with Crippen LogP contribution in [0.15, 0.2) is 48.5 Å². The van der Waals surface area contributed by atoms with Crippen molar-refractivity contribution in [3.63, 3.8) is 0 Å². The predicted octanol–water partition coefficient (Wildman–Crippen LogP) is 3.77. The van der Waals surface area contributed by atoms with E-state index >= 15 is 0 Å². The van der Waals surface area contributed by atoms with Crippen LogP contribution in [0.25, 0.3) is 28.0 Å². The minimum atomic E-state index is 0.500. The van der Waals surface area contributed by atoms with Gasteiger partial charge in [0, 0.05) is 36.8 Å². The lowest BCUT2D eigenvalue weighted by atomic mass is 10.1. The van der Waals surface area contributed by atoms with E-state index in [-0.39, 0.29) is 0 Å². The molecule has 0 bridgehead atoms. The van der Waals surface area contributed by atoms with Gasteiger partial charge in [-0.25, -0.2) is 9.67 Å². The number of hydrogen-bond acceptors (Lipinski definition) is 7. The van der Waals surface area contributed by atoms with Crippen LogP contribution < -0.4 is 11.1 Å². The van der Waals surface area contributed by atoms with E-state index in [4.69, 9.17) is 32.2 Å². The predicted molar refractivity (Wildman–Crippen MR) is 132 cm³/mol. The smallest absolute Gasteiger partial charge is 0.225 e. The van der Waals surface area contributed by atoms with Gasteiger partial charge in [0.15, 0.2) is 5.65 Å². The summed E-state index contributed by atoms with van der Waals surface area (Å²) in [7, 11) is 0. The zero-order chi connectivity index (χ0) is 22.8. The molecule has 0 spiro atoms. The minimum Gasteiger partial charge on any atom is -0.383 e. The monoisotopic (exact) mass is 463 g/mol. The van der Waals surface area contributed by atoms with E-state index in [1.54, 1.807) is 4.68 Å². The van der Waals surface area contributed by atoms with Crippen molar-refractivity contribution in [2.24, 2.45) is 0 Å². The lowest BCUT2D eigenvalue weighted by Gasteiger charge is -2.26. The molecule has 1 saturated heterocycles. The third kappa shape index (κ3) is 4.64. The summed E-state index contributed by atoms with van der Waals surface area (Å²) in [6.07, 6.45) is 0. The molecular weight excluding hydrogens is 438 g/mol. The highest BCUT2D eigenvalue weighted by atomic mass is 35.5. The fraction of sp³-hybridized carbons (Fsp3) is 0.292. The van der Waals surface area contributed by atoms with E-state index in [0.29, 0.717) is 22.4 Å². The lowest BCUT2D eigenvalue weighted by molar-refractivity contribution is 0.0398. The van der Waals surface area contributed by atoms with Crippen LogP contribution in [0.1, 0.15) is 5.56 Å². The number of hydrogen-bond donors (Lipinski definition) is 2. The molecule has 170 valence electrons. The molecule has 4 aromatic rings. The second-order valence-corrected chi connectivity index (χ2v) is 8.55. The molecular formula is C24H26ClN7O. The topological polar surface area (TPSA) is 94.1 Å². The summed E-state index contributed by atoms with van der Waals surface area (Å²) in [4.78, 5) is 11.9. The largest absolute Gasteiger partial charge is 0.383 e. The summed E-state index contributed by atoms with van der Waals surface area (Å²) < 4.78 is 7.15. The molecule has 0 amide bonds. The molecule has 1 aliphatic heterocycles. The van der Waals surface area contributed by atoms with Crippen LogP contribution in [0.4, 0.5) is 11.8 Å². The number of nitrogen functional groups attached to an aromatic ring is 1. The highest BCUT2D eigenvalue weighted by molar-refractivity contribution is 6.30. The molecule has 0 unspecified atom stereocenters. The van der Waals surface area contributed by atoms with Crippen LogP contribution in [0.2, 0.25) is 5.02 Å². The number of fused-ring (bicyclic) bond motifs is 1. The molecule has 9 heteroatoms. The Morgan fingerprint density at radius 3 is 2.64 bits per heavy atom. The van der Waals surface area contributed by atoms with Gasteiger partial charge in [-0.05, 0) is 36.8 Å². The molecule has 0 aliphatic carbocycles. The molecule has 2 aromatic carbocycles. The molecule has 3 N–H and O–H groups in total. The number of ether oxygens (including phenoxy) is 1. The third-order valence-electron chi connectivity index (χ3n) is 5.75. The first-order valence-corrected chi connectivity index (χ1v) is 11.4. The summed E-state index contributed by atoms with van der Waals surface area (Å²) in [6.45, 7) is 7.08. The van der Waals surface area contributed by atoms with Gasteiger partial charge in [0.05, 0.1) is 30.0 Å². The van der Waals surface area contributed by atoms with E-state index in [1.165, 1.54) is 0 Å². The van der Waals surface area contributed by atoms with Crippen molar-refractivity contribution in [1.29, 1.82) is 0 Å². The number of benzene rings is 2. The van der Waals surface area contributed by atoms with Crippen molar-refractivity contribution >= 4 is 34.4 Å². The van der Waals surface area contributed by atoms with E-state index in [9.17, 15) is 0 Å². The van der Waals surface area contributed by atoms with Gasteiger partial charge >= 0.3 is 0 Å². The molecule has 0 saturated carbocycles. The summed E-state index contributed by atoms with van der Waals surface area (Å²) in [5.74, 6) is 1.02. The van der Waals surface area contributed by atoms with Crippen molar-refractivity contribution in [3.05, 3.63) is 59.1 Å². The Labute approximate surface area is 197 Å². The second-order valence-electron chi connectivity index (χ2n) is 8.12. The molecule has 2 aromatic heterocycles. The van der Waals surface area contributed by atoms with Crippen LogP contribution in [-0.4, -0.2) is 64.0 Å². The summed E-state index contributed by atoms with van der Waals surface area (Å²) in [5.41, 5.74) is 10.8. The maximum Gasteiger partial charge on any atom is 0.225 e. The first kappa shape index (κ1) is 21.6. The van der Waals surface area contributed by atoms with Crippen LogP contribution in [0, 0.1) is 6.92 Å². The van der Waals surface area contributed by atoms with Gasteiger partial charge in [-0.1, -0.05) is 35.9 Å². The maximum absolute atomic E-state index is 6.59. The summed E-state index contributed by atoms with van der Waals surface area (Å²) >= 11 is 6.12. The van der Waals surface area contributed by atoms with Crippen molar-refractivity contribution < 1.29 is 4.74 Å². The van der Waals surface area contributed by atoms with Gasteiger partial charge in [0.2, 0.25) is 5.95 Å². The van der Waals surface area contributed by atoms with Gasteiger partial charge in [0.25, 0.3) is 0 Å². The zero-order valence-electron chi connectivity index (χ0n) is 18.5. The van der Waals surface area contributed by atoms with E-state index in [0.717, 1.165) is 67.3 Å². The van der Waals surface area contributed by atoms with Gasteiger partial charge in [0.1, 0.15) is 5.82 Å². The molecule has 1 aliphatic rings. The highest BCUT2D eigenvalue weighted by Gasteiger charge is 2.19. The fourth-order valence-corrected chi connectivity index (χ4v) is 4.14. The normalized spacial score (nSPS) is 14.6. The Bertz CT molecular complexity index is 1270. The fourth-order valence-electron chi connectivity index (χ4n) is 4.01. The molecule has 0 radical (unpaired) electrons. The van der Waals surface area contributed by atoms with Gasteiger partial charge < -0.3 is 15.8 Å². The number of aromatic nitrogens is 4. The van der Waals surface area contributed by atoms with Crippen molar-refractivity contribution in [2.45, 2.75) is 6.92 Å². The first-order chi connectivity index (χ1) is 16.1. The quantitative estimate of drug-likeness (QED) is 0.449. The summed E-state index contributed by atoms with van der Waals surface area (Å²) in [5, 5.41) is 9.48. The Morgan fingerprint density at radius 2 is 1.88 bits per heavy atom. The number of nitrogens with one attached hydrogen (secondary N) is 1. The van der Waals surface area contributed by atoms with Crippen LogP contribution in [-0.2, 0) is 4.74 Å². The van der Waals surface area contributed by atoms with Crippen LogP contribution in [0.3, 0.4) is 0 Å². The third-order valence-corrected chi connectivity index (χ3v) is 6.00. The van der Waals surface area contributed by atoms with E-state index < -0.39 is 0 Å². The SMILES string of the molecule is Cc1cccc(-n2nc3nc(NCCN4CCOCC4)nc(-c4ccc(Cl)cc4)c3c2N)c1. The first-order valence-electron chi connectivity index (χ1n) is 11.0. The van der Waals surface area contributed by atoms with E-state index in [2.05, 4.69) is 15.2 Å². The summed E-state index contributed by atoms with van der Waals surface area (Å²) in [6, 6.07) is 15.6. The Balaban J connectivity index is 1.54. The number of anilines is 2. The van der Waals surface area contributed by atoms with E-state index in [1.807, 2.05) is 55.5 Å². The Morgan fingerprint density at radius 1 is 1.09 bits per heavy atom. The number of nitrogens with zero attached hydrogens (tertiary/aromatic N) is 5. The standard InChI is InChI=1S/C24H26ClN7O/c1-16-3-2-4-19(15-16)32-22(26)20-21(17-5-7-18(25)8-6-17)28-24(29-23(20)30-32)27-9-10-31-11-13-33-14-12-31/h2-8,15H,9-14,26H2,1H3,(H,27,29,30). The average molecular weight is 464 g/mol. The zero-order valence-corrected chi connectivity index (χ0v) is 19.2. The van der Waals surface area contributed by atoms with Crippen LogP contribution >= 0.6 is 11.6 Å². The van der Waals surface area contributed by atoms with Crippen LogP contribution in [0.5, 0.6) is 0 Å². The number of rotatable bonds is 6. The Kier molecular flexibility index (Phi) is 6.13. The number of halogens is 1. The van der Waals surface area contributed by atoms with Crippen molar-refractivity contribution in [3.8, 4) is 16.9 Å². The molecule has 33 heavy (non-hydrogen) atoms. The minimum absolute atomic E-state index is 0.500. The van der Waals surface area contributed by atoms with Crippen molar-refractivity contribution in [2.75, 3.05) is 50.4 Å². The number of aryl methyl sites for hydroxylation is 1. The average Bonchev–Trinajstić information content (AvgIpc) is 3.16.